The number of piperidine rings is 1. The van der Waals surface area contributed by atoms with Crippen LogP contribution in [0.3, 0.4) is 0 Å². The maximum atomic E-state index is 13.1. The van der Waals surface area contributed by atoms with Gasteiger partial charge in [-0.2, -0.15) is 0 Å². The fourth-order valence-corrected chi connectivity index (χ4v) is 4.93. The molecule has 0 spiro atoms. The highest BCUT2D eigenvalue weighted by molar-refractivity contribution is 6.31. The molecule has 4 heterocycles. The highest BCUT2D eigenvalue weighted by atomic mass is 35.5. The molecule has 8 nitrogen and oxygen atoms in total. The van der Waals surface area contributed by atoms with Gasteiger partial charge in [0.05, 0.1) is 18.7 Å². The molecule has 9 heteroatoms. The molecular weight excluding hydrogens is 428 g/mol. The van der Waals surface area contributed by atoms with Gasteiger partial charge in [-0.25, -0.2) is 15.0 Å². The zero-order valence-corrected chi connectivity index (χ0v) is 18.9. The van der Waals surface area contributed by atoms with Gasteiger partial charge in [-0.05, 0) is 43.9 Å². The van der Waals surface area contributed by atoms with Crippen LogP contribution in [-0.4, -0.2) is 45.6 Å². The number of methoxy groups -OCH3 is 1. The van der Waals surface area contributed by atoms with Gasteiger partial charge < -0.3 is 19.5 Å². The number of fused-ring (bicyclic) bond motifs is 3. The molecule has 1 aromatic carbocycles. The van der Waals surface area contributed by atoms with Crippen LogP contribution in [0.25, 0.3) is 11.2 Å². The van der Waals surface area contributed by atoms with E-state index in [2.05, 4.69) is 24.8 Å². The van der Waals surface area contributed by atoms with E-state index in [1.54, 1.807) is 31.6 Å². The first-order valence-corrected chi connectivity index (χ1v) is 11.6. The van der Waals surface area contributed by atoms with Crippen LogP contribution in [0.5, 0.6) is 5.75 Å². The van der Waals surface area contributed by atoms with Crippen LogP contribution in [0.2, 0.25) is 5.02 Å². The largest absolute Gasteiger partial charge is 0.495 e. The highest BCUT2D eigenvalue weighted by Crippen LogP contribution is 2.31. The highest BCUT2D eigenvalue weighted by Gasteiger charge is 2.29. The number of nitrogens with zero attached hydrogens (tertiary/aromatic N) is 5. The summed E-state index contributed by atoms with van der Waals surface area (Å²) in [6.07, 6.45) is 7.86. The Bertz CT molecular complexity index is 1150. The quantitative estimate of drug-likeness (QED) is 0.639. The standard InChI is InChI=1S/C23H27ClN6O2/c1-32-18-9-8-16(24)12-17(18)27-23(31)15-6-5-10-29(13-15)21-20-22(26-14-25-21)30-11-4-2-3-7-19(30)28-20/h8-9,12,14-15H,2-7,10-11,13H2,1H3,(H,27,31)/t15-/m1/s1. The molecule has 3 aromatic rings. The second kappa shape index (κ2) is 8.94. The van der Waals surface area contributed by atoms with Crippen LogP contribution in [-0.2, 0) is 17.8 Å². The third-order valence-corrected chi connectivity index (χ3v) is 6.62. The number of carbonyl (C=O) groups is 1. The Morgan fingerprint density at radius 2 is 2.09 bits per heavy atom. The van der Waals surface area contributed by atoms with Crippen LogP contribution in [0, 0.1) is 5.92 Å². The van der Waals surface area contributed by atoms with Crippen molar-refractivity contribution in [2.75, 3.05) is 30.4 Å². The molecule has 168 valence electrons. The summed E-state index contributed by atoms with van der Waals surface area (Å²) >= 11 is 6.12. The number of carbonyl (C=O) groups excluding carboxylic acids is 1. The molecule has 1 N–H and O–H groups in total. The summed E-state index contributed by atoms with van der Waals surface area (Å²) < 4.78 is 7.61. The van der Waals surface area contributed by atoms with Gasteiger partial charge in [0, 0.05) is 31.1 Å². The van der Waals surface area contributed by atoms with Gasteiger partial charge in [0.25, 0.3) is 0 Å². The van der Waals surface area contributed by atoms with Crippen LogP contribution in [0.15, 0.2) is 24.5 Å². The predicted octanol–water partition coefficient (Wildman–Crippen LogP) is 4.07. The van der Waals surface area contributed by atoms with Crippen LogP contribution in [0.4, 0.5) is 11.5 Å². The van der Waals surface area contributed by atoms with Crippen molar-refractivity contribution < 1.29 is 9.53 Å². The van der Waals surface area contributed by atoms with Gasteiger partial charge in [0.1, 0.15) is 17.9 Å². The monoisotopic (exact) mass is 454 g/mol. The van der Waals surface area contributed by atoms with E-state index in [0.29, 0.717) is 23.0 Å². The molecule has 1 fully saturated rings. The van der Waals surface area contributed by atoms with Gasteiger partial charge in [-0.1, -0.05) is 18.0 Å². The lowest BCUT2D eigenvalue weighted by Gasteiger charge is -2.32. The van der Waals surface area contributed by atoms with E-state index in [1.165, 1.54) is 6.42 Å². The average molecular weight is 455 g/mol. The number of anilines is 2. The molecule has 2 aliphatic rings. The molecule has 2 aromatic heterocycles. The third-order valence-electron chi connectivity index (χ3n) is 6.38. The molecule has 0 aliphatic carbocycles. The Morgan fingerprint density at radius 3 is 2.97 bits per heavy atom. The number of imidazole rings is 1. The minimum atomic E-state index is -0.169. The number of hydrogen-bond donors (Lipinski definition) is 1. The minimum Gasteiger partial charge on any atom is -0.495 e. The summed E-state index contributed by atoms with van der Waals surface area (Å²) in [5.74, 6) is 2.30. The summed E-state index contributed by atoms with van der Waals surface area (Å²) in [5.41, 5.74) is 2.34. The Kier molecular flexibility index (Phi) is 5.87. The van der Waals surface area contributed by atoms with E-state index >= 15 is 0 Å². The van der Waals surface area contributed by atoms with Crippen molar-refractivity contribution in [2.45, 2.75) is 45.1 Å². The second-order valence-corrected chi connectivity index (χ2v) is 8.92. The van der Waals surface area contributed by atoms with Crippen LogP contribution >= 0.6 is 11.6 Å². The Labute approximate surface area is 192 Å². The van der Waals surface area contributed by atoms with E-state index in [1.807, 2.05) is 0 Å². The number of rotatable bonds is 4. The first-order valence-electron chi connectivity index (χ1n) is 11.2. The van der Waals surface area contributed by atoms with Crippen molar-refractivity contribution in [3.8, 4) is 5.75 Å². The van der Waals surface area contributed by atoms with E-state index in [9.17, 15) is 4.79 Å². The molecule has 5 rings (SSSR count). The van der Waals surface area contributed by atoms with Gasteiger partial charge >= 0.3 is 0 Å². The van der Waals surface area contributed by atoms with Gasteiger partial charge in [-0.3, -0.25) is 4.79 Å². The van der Waals surface area contributed by atoms with Crippen molar-refractivity contribution in [1.29, 1.82) is 0 Å². The first kappa shape index (κ1) is 21.0. The van der Waals surface area contributed by atoms with Crippen molar-refractivity contribution in [3.63, 3.8) is 0 Å². The summed E-state index contributed by atoms with van der Waals surface area (Å²) in [5, 5.41) is 3.55. The fraction of sp³-hybridized carbons (Fsp3) is 0.478. The molecular formula is C23H27ClN6O2. The smallest absolute Gasteiger partial charge is 0.229 e. The number of ether oxygens (including phenoxy) is 1. The van der Waals surface area contributed by atoms with Crippen molar-refractivity contribution in [1.82, 2.24) is 19.5 Å². The maximum Gasteiger partial charge on any atom is 0.229 e. The fourth-order valence-electron chi connectivity index (χ4n) is 4.75. The Balaban J connectivity index is 1.38. The zero-order chi connectivity index (χ0) is 22.1. The third kappa shape index (κ3) is 3.99. The number of hydrogen-bond acceptors (Lipinski definition) is 6. The molecule has 0 unspecified atom stereocenters. The molecule has 1 atom stereocenters. The number of benzene rings is 1. The average Bonchev–Trinajstić information content (AvgIpc) is 3.00. The van der Waals surface area contributed by atoms with Crippen LogP contribution < -0.4 is 15.0 Å². The van der Waals surface area contributed by atoms with Gasteiger partial charge in [0.15, 0.2) is 17.0 Å². The summed E-state index contributed by atoms with van der Waals surface area (Å²) in [6.45, 7) is 2.39. The van der Waals surface area contributed by atoms with E-state index in [4.69, 9.17) is 21.3 Å². The summed E-state index contributed by atoms with van der Waals surface area (Å²) in [4.78, 5) is 29.3. The topological polar surface area (TPSA) is 85.2 Å². The normalized spacial score (nSPS) is 18.8. The Morgan fingerprint density at radius 1 is 1.19 bits per heavy atom. The van der Waals surface area contributed by atoms with Crippen LogP contribution in [0.1, 0.15) is 37.9 Å². The lowest BCUT2D eigenvalue weighted by atomic mass is 9.97. The summed E-state index contributed by atoms with van der Waals surface area (Å²) in [7, 11) is 1.58. The minimum absolute atomic E-state index is 0.0406. The molecule has 1 saturated heterocycles. The summed E-state index contributed by atoms with van der Waals surface area (Å²) in [6, 6.07) is 5.21. The Hall–Kier alpha value is -2.87. The van der Waals surface area contributed by atoms with E-state index in [0.717, 1.165) is 68.0 Å². The second-order valence-electron chi connectivity index (χ2n) is 8.48. The molecule has 0 saturated carbocycles. The lowest BCUT2D eigenvalue weighted by molar-refractivity contribution is -0.120. The molecule has 2 aliphatic heterocycles. The number of halogens is 1. The molecule has 1 amide bonds. The number of amides is 1. The van der Waals surface area contributed by atoms with E-state index in [-0.39, 0.29) is 11.8 Å². The predicted molar refractivity (Wildman–Crippen MR) is 124 cm³/mol. The molecule has 32 heavy (non-hydrogen) atoms. The number of aryl methyl sites for hydroxylation is 2. The number of nitrogens with one attached hydrogen (secondary N) is 1. The van der Waals surface area contributed by atoms with Gasteiger partial charge in [-0.15, -0.1) is 0 Å². The SMILES string of the molecule is COc1ccc(Cl)cc1NC(=O)[C@@H]1CCCN(c2ncnc3c2nc2n3CCCCC2)C1. The molecule has 0 radical (unpaired) electrons. The molecule has 0 bridgehead atoms. The first-order chi connectivity index (χ1) is 15.6. The lowest BCUT2D eigenvalue weighted by Crippen LogP contribution is -2.41. The van der Waals surface area contributed by atoms with E-state index < -0.39 is 0 Å². The van der Waals surface area contributed by atoms with Gasteiger partial charge in [0.2, 0.25) is 5.91 Å². The maximum absolute atomic E-state index is 13.1. The van der Waals surface area contributed by atoms with Crippen molar-refractivity contribution >= 4 is 40.2 Å². The zero-order valence-electron chi connectivity index (χ0n) is 18.2. The van der Waals surface area contributed by atoms with Crippen molar-refractivity contribution in [2.24, 2.45) is 5.92 Å². The number of aromatic nitrogens is 4. The van der Waals surface area contributed by atoms with Crippen molar-refractivity contribution in [3.05, 3.63) is 35.4 Å².